The van der Waals surface area contributed by atoms with Crippen molar-refractivity contribution in [1.29, 1.82) is 0 Å². The van der Waals surface area contributed by atoms with Gasteiger partial charge in [-0.15, -0.1) is 0 Å². The molecule has 0 bridgehead atoms. The van der Waals surface area contributed by atoms with Crippen LogP contribution in [0.1, 0.15) is 25.5 Å². The Labute approximate surface area is 121 Å². The van der Waals surface area contributed by atoms with Crippen molar-refractivity contribution < 1.29 is 8.78 Å². The van der Waals surface area contributed by atoms with E-state index in [1.165, 1.54) is 0 Å². The number of nitrogens with one attached hydrogen (secondary N) is 1. The topological polar surface area (TPSA) is 29.9 Å². The Kier molecular flexibility index (Phi) is 5.00. The number of hydrogen-bond acceptors (Lipinski definition) is 3. The van der Waals surface area contributed by atoms with Gasteiger partial charge in [0, 0.05) is 34.9 Å². The minimum absolute atomic E-state index is 0.311. The van der Waals surface area contributed by atoms with Crippen LogP contribution >= 0.6 is 11.8 Å². The molecule has 108 valence electrons. The van der Waals surface area contributed by atoms with Crippen molar-refractivity contribution in [1.82, 2.24) is 9.78 Å². The lowest BCUT2D eigenvalue weighted by Crippen LogP contribution is -2.02. The van der Waals surface area contributed by atoms with Gasteiger partial charge in [0.2, 0.25) is 0 Å². The lowest BCUT2D eigenvalue weighted by atomic mass is 10.3. The smallest absolute Gasteiger partial charge is 0.288 e. The fraction of sp³-hybridized carbons (Fsp3) is 0.357. The molecule has 1 aromatic heterocycles. The molecule has 1 N–H and O–H groups in total. The Balaban J connectivity index is 2.02. The van der Waals surface area contributed by atoms with E-state index < -0.39 is 5.76 Å². The van der Waals surface area contributed by atoms with Crippen molar-refractivity contribution in [3.63, 3.8) is 0 Å². The van der Waals surface area contributed by atoms with Gasteiger partial charge < -0.3 is 5.32 Å². The number of rotatable bonds is 6. The number of nitrogens with zero attached hydrogens (tertiary/aromatic N) is 2. The largest absolute Gasteiger partial charge is 0.380 e. The first-order valence-corrected chi connectivity index (χ1v) is 7.25. The fourth-order valence-corrected chi connectivity index (χ4v) is 2.38. The van der Waals surface area contributed by atoms with Crippen molar-refractivity contribution in [2.45, 2.75) is 37.1 Å². The number of para-hydroxylation sites is 1. The van der Waals surface area contributed by atoms with Crippen LogP contribution in [0.3, 0.4) is 0 Å². The molecule has 1 heterocycles. The first-order valence-electron chi connectivity index (χ1n) is 6.37. The van der Waals surface area contributed by atoms with Crippen molar-refractivity contribution >= 4 is 17.4 Å². The molecule has 20 heavy (non-hydrogen) atoms. The first-order chi connectivity index (χ1) is 9.56. The summed E-state index contributed by atoms with van der Waals surface area (Å²) in [7, 11) is 0. The second-order valence-corrected chi connectivity index (χ2v) is 5.68. The van der Waals surface area contributed by atoms with Crippen molar-refractivity contribution in [2.75, 3.05) is 5.32 Å². The molecular weight excluding hydrogens is 280 g/mol. The van der Waals surface area contributed by atoms with Gasteiger partial charge in [-0.2, -0.15) is 13.9 Å². The highest BCUT2D eigenvalue weighted by Crippen LogP contribution is 2.31. The highest BCUT2D eigenvalue weighted by atomic mass is 32.2. The fourth-order valence-electron chi connectivity index (χ4n) is 1.76. The molecule has 0 unspecified atom stereocenters. The highest BCUT2D eigenvalue weighted by molar-refractivity contribution is 7.99. The van der Waals surface area contributed by atoms with Crippen molar-refractivity contribution in [3.05, 3.63) is 42.2 Å². The van der Waals surface area contributed by atoms with Gasteiger partial charge in [0.15, 0.2) is 0 Å². The summed E-state index contributed by atoms with van der Waals surface area (Å²) in [4.78, 5) is 0.554. The zero-order valence-electron chi connectivity index (χ0n) is 11.4. The molecule has 0 fully saturated rings. The average molecular weight is 297 g/mol. The standard InChI is InChI=1S/C14H17F2N3S/c1-10(2)19-9-11(8-18-19)7-17-12-5-3-4-6-13(12)20-14(15)16/h3-6,8-10,14,17H,7H2,1-2H3. The number of aromatic nitrogens is 2. The molecule has 6 heteroatoms. The molecule has 2 aromatic rings. The molecule has 0 saturated carbocycles. The monoisotopic (exact) mass is 297 g/mol. The van der Waals surface area contributed by atoms with E-state index in [1.807, 2.05) is 16.9 Å². The van der Waals surface area contributed by atoms with Crippen molar-refractivity contribution in [3.8, 4) is 0 Å². The Hall–Kier alpha value is -1.56. The number of hydrogen-bond donors (Lipinski definition) is 1. The highest BCUT2D eigenvalue weighted by Gasteiger charge is 2.09. The van der Waals surface area contributed by atoms with E-state index in [2.05, 4.69) is 24.3 Å². The van der Waals surface area contributed by atoms with Crippen LogP contribution in [0.15, 0.2) is 41.6 Å². The summed E-state index contributed by atoms with van der Waals surface area (Å²) in [6, 6.07) is 7.39. The van der Waals surface area contributed by atoms with Crippen LogP contribution in [-0.4, -0.2) is 15.5 Å². The second-order valence-electron chi connectivity index (χ2n) is 4.65. The van der Waals surface area contributed by atoms with Crippen LogP contribution in [0.2, 0.25) is 0 Å². The first kappa shape index (κ1) is 14.8. The van der Waals surface area contributed by atoms with E-state index in [1.54, 1.807) is 24.4 Å². The number of anilines is 1. The minimum atomic E-state index is -2.42. The molecule has 0 spiro atoms. The van der Waals surface area contributed by atoms with Gasteiger partial charge in [-0.3, -0.25) is 4.68 Å². The minimum Gasteiger partial charge on any atom is -0.380 e. The third kappa shape index (κ3) is 3.96. The van der Waals surface area contributed by atoms with Crippen LogP contribution in [0.4, 0.5) is 14.5 Å². The summed E-state index contributed by atoms with van der Waals surface area (Å²) in [5, 5.41) is 7.43. The zero-order chi connectivity index (χ0) is 14.5. The molecule has 3 nitrogen and oxygen atoms in total. The van der Waals surface area contributed by atoms with Gasteiger partial charge in [0.05, 0.1) is 6.20 Å². The molecule has 0 aliphatic rings. The summed E-state index contributed by atoms with van der Waals surface area (Å²) < 4.78 is 26.8. The number of thioether (sulfide) groups is 1. The summed E-state index contributed by atoms with van der Waals surface area (Å²) in [6.45, 7) is 4.67. The van der Waals surface area contributed by atoms with Crippen LogP contribution in [0, 0.1) is 0 Å². The summed E-state index contributed by atoms with van der Waals surface area (Å²) >= 11 is 0.554. The molecule has 2 rings (SSSR count). The van der Waals surface area contributed by atoms with Gasteiger partial charge in [-0.05, 0) is 26.0 Å². The second kappa shape index (κ2) is 6.74. The Morgan fingerprint density at radius 3 is 2.70 bits per heavy atom. The predicted molar refractivity (Wildman–Crippen MR) is 78.2 cm³/mol. The number of halogens is 2. The number of benzene rings is 1. The van der Waals surface area contributed by atoms with Crippen LogP contribution in [0.25, 0.3) is 0 Å². The SMILES string of the molecule is CC(C)n1cc(CNc2ccccc2SC(F)F)cn1. The quantitative estimate of drug-likeness (QED) is 0.802. The lowest BCUT2D eigenvalue weighted by Gasteiger charge is -2.10. The summed E-state index contributed by atoms with van der Waals surface area (Å²) in [5.41, 5.74) is 1.74. The van der Waals surface area contributed by atoms with Crippen LogP contribution in [0.5, 0.6) is 0 Å². The van der Waals surface area contributed by atoms with Crippen LogP contribution in [-0.2, 0) is 6.54 Å². The number of alkyl halides is 2. The lowest BCUT2D eigenvalue weighted by molar-refractivity contribution is 0.252. The zero-order valence-corrected chi connectivity index (χ0v) is 12.2. The van der Waals surface area contributed by atoms with Crippen LogP contribution < -0.4 is 5.32 Å². The third-order valence-electron chi connectivity index (χ3n) is 2.77. The molecule has 0 amide bonds. The Morgan fingerprint density at radius 1 is 1.30 bits per heavy atom. The van der Waals surface area contributed by atoms with Gasteiger partial charge in [-0.25, -0.2) is 0 Å². The van der Waals surface area contributed by atoms with Gasteiger partial charge in [0.25, 0.3) is 5.76 Å². The Morgan fingerprint density at radius 2 is 2.05 bits per heavy atom. The maximum atomic E-state index is 12.5. The third-order valence-corrected chi connectivity index (χ3v) is 3.56. The predicted octanol–water partition coefficient (Wildman–Crippen LogP) is 4.39. The molecule has 0 atom stereocenters. The molecule has 1 aromatic carbocycles. The normalized spacial score (nSPS) is 11.3. The van der Waals surface area contributed by atoms with E-state index in [-0.39, 0.29) is 0 Å². The molecule has 0 saturated heterocycles. The molecule has 0 aliphatic heterocycles. The molecule has 0 radical (unpaired) electrons. The summed E-state index contributed by atoms with van der Waals surface area (Å²) in [6.07, 6.45) is 3.75. The Bertz CT molecular complexity index is 555. The van der Waals surface area contributed by atoms with Gasteiger partial charge in [-0.1, -0.05) is 23.9 Å². The van der Waals surface area contributed by atoms with E-state index in [9.17, 15) is 8.78 Å². The molecular formula is C14H17F2N3S. The molecule has 0 aliphatic carbocycles. The maximum Gasteiger partial charge on any atom is 0.288 e. The maximum absolute atomic E-state index is 12.5. The van der Waals surface area contributed by atoms with Crippen molar-refractivity contribution in [2.24, 2.45) is 0 Å². The average Bonchev–Trinajstić information content (AvgIpc) is 2.86. The summed E-state index contributed by atoms with van der Waals surface area (Å²) in [5.74, 6) is -2.42. The van der Waals surface area contributed by atoms with E-state index >= 15 is 0 Å². The van der Waals surface area contributed by atoms with E-state index in [4.69, 9.17) is 0 Å². The van der Waals surface area contributed by atoms with E-state index in [0.717, 1.165) is 11.3 Å². The van der Waals surface area contributed by atoms with Gasteiger partial charge in [0.1, 0.15) is 0 Å². The van der Waals surface area contributed by atoms with Gasteiger partial charge >= 0.3 is 0 Å². The van der Waals surface area contributed by atoms with E-state index in [0.29, 0.717) is 29.2 Å².